The van der Waals surface area contributed by atoms with E-state index in [1.165, 1.54) is 0 Å². The van der Waals surface area contributed by atoms with E-state index in [4.69, 9.17) is 18.0 Å². The molecule has 0 aliphatic heterocycles. The van der Waals surface area contributed by atoms with Crippen molar-refractivity contribution in [3.63, 3.8) is 0 Å². The molecule has 0 fully saturated rings. The smallest absolute Gasteiger partial charge is 0.273 e. The van der Waals surface area contributed by atoms with E-state index in [0.29, 0.717) is 16.4 Å². The number of amides is 1. The minimum absolute atomic E-state index is 0.209. The maximum Gasteiger partial charge on any atom is 0.273 e. The molecule has 1 aromatic carbocycles. The minimum Gasteiger partial charge on any atom is -0.389 e. The molecule has 0 saturated carbocycles. The summed E-state index contributed by atoms with van der Waals surface area (Å²) >= 11 is 4.92. The molecule has 3 N–H and O–H groups in total. The molecular formula is C14H16N4OS. The summed E-state index contributed by atoms with van der Waals surface area (Å²) in [6.45, 7) is 2.00. The molecule has 1 amide bonds. The Morgan fingerprint density at radius 2 is 2.20 bits per heavy atom. The predicted octanol–water partition coefficient (Wildman–Crippen LogP) is 1.87. The van der Waals surface area contributed by atoms with Crippen molar-refractivity contribution in [1.29, 1.82) is 0 Å². The molecule has 0 spiro atoms. The number of carbonyl (C=O) groups excluding carboxylic acids is 1. The Morgan fingerprint density at radius 3 is 2.80 bits per heavy atom. The third-order valence-electron chi connectivity index (χ3n) is 2.93. The molecule has 0 aliphatic rings. The van der Waals surface area contributed by atoms with Crippen LogP contribution < -0.4 is 11.1 Å². The highest BCUT2D eigenvalue weighted by Gasteiger charge is 2.13. The van der Waals surface area contributed by atoms with Crippen LogP contribution in [0.3, 0.4) is 0 Å². The summed E-state index contributed by atoms with van der Waals surface area (Å²) in [5.41, 5.74) is 8.35. The van der Waals surface area contributed by atoms with Gasteiger partial charge in [-0.2, -0.15) is 5.10 Å². The van der Waals surface area contributed by atoms with Crippen molar-refractivity contribution in [3.8, 4) is 0 Å². The fraction of sp³-hybridized carbons (Fsp3) is 0.214. The van der Waals surface area contributed by atoms with Gasteiger partial charge in [0.15, 0.2) is 0 Å². The second-order valence-electron chi connectivity index (χ2n) is 4.40. The van der Waals surface area contributed by atoms with Crippen LogP contribution in [0, 0.1) is 0 Å². The molecule has 2 rings (SSSR count). The highest BCUT2D eigenvalue weighted by molar-refractivity contribution is 7.80. The first-order chi connectivity index (χ1) is 9.51. The van der Waals surface area contributed by atoms with E-state index in [0.717, 1.165) is 17.7 Å². The van der Waals surface area contributed by atoms with Crippen LogP contribution in [0.15, 0.2) is 30.3 Å². The summed E-state index contributed by atoms with van der Waals surface area (Å²) in [7, 11) is 1.75. The second-order valence-corrected chi connectivity index (χ2v) is 4.84. The molecule has 0 atom stereocenters. The molecule has 2 aromatic rings. The number of hydrogen-bond acceptors (Lipinski definition) is 3. The number of nitrogens with one attached hydrogen (secondary N) is 1. The summed E-state index contributed by atoms with van der Waals surface area (Å²) in [6, 6.07) is 8.92. The molecule has 20 heavy (non-hydrogen) atoms. The van der Waals surface area contributed by atoms with Crippen molar-refractivity contribution in [2.75, 3.05) is 5.32 Å². The van der Waals surface area contributed by atoms with Gasteiger partial charge < -0.3 is 11.1 Å². The van der Waals surface area contributed by atoms with E-state index in [2.05, 4.69) is 10.4 Å². The van der Waals surface area contributed by atoms with E-state index < -0.39 is 0 Å². The number of nitrogens with two attached hydrogens (primary N) is 1. The topological polar surface area (TPSA) is 72.9 Å². The molecule has 1 aromatic heterocycles. The van der Waals surface area contributed by atoms with Crippen molar-refractivity contribution in [1.82, 2.24) is 9.78 Å². The minimum atomic E-state index is -0.209. The van der Waals surface area contributed by atoms with Gasteiger partial charge >= 0.3 is 0 Å². The Bertz CT molecular complexity index is 663. The highest BCUT2D eigenvalue weighted by atomic mass is 32.1. The average Bonchev–Trinajstić information content (AvgIpc) is 2.80. The summed E-state index contributed by atoms with van der Waals surface area (Å²) in [4.78, 5) is 12.5. The summed E-state index contributed by atoms with van der Waals surface area (Å²) in [6.07, 6.45) is 0.790. The van der Waals surface area contributed by atoms with Crippen molar-refractivity contribution in [2.45, 2.75) is 13.3 Å². The fourth-order valence-corrected chi connectivity index (χ4v) is 1.98. The zero-order valence-electron chi connectivity index (χ0n) is 11.4. The Labute approximate surface area is 122 Å². The SMILES string of the molecule is CCc1cc(C(=O)Nc2cccc(C(N)=S)c2)n(C)n1. The summed E-state index contributed by atoms with van der Waals surface area (Å²) in [5, 5.41) is 7.07. The van der Waals surface area contributed by atoms with Crippen LogP contribution in [0.2, 0.25) is 0 Å². The first-order valence-corrected chi connectivity index (χ1v) is 6.66. The number of rotatable bonds is 4. The Hall–Kier alpha value is -2.21. The molecule has 5 nitrogen and oxygen atoms in total. The van der Waals surface area contributed by atoms with E-state index in [1.54, 1.807) is 42.1 Å². The van der Waals surface area contributed by atoms with Crippen LogP contribution >= 0.6 is 12.2 Å². The standard InChI is InChI=1S/C14H16N4OS/c1-3-10-8-12(18(2)17-10)14(19)16-11-6-4-5-9(7-11)13(15)20/h4-8H,3H2,1-2H3,(H2,15,20)(H,16,19). The van der Waals surface area contributed by atoms with E-state index in [9.17, 15) is 4.79 Å². The summed E-state index contributed by atoms with van der Waals surface area (Å²) < 4.78 is 1.57. The average molecular weight is 288 g/mol. The largest absolute Gasteiger partial charge is 0.389 e. The Morgan fingerprint density at radius 1 is 1.45 bits per heavy atom. The lowest BCUT2D eigenvalue weighted by Gasteiger charge is -2.06. The van der Waals surface area contributed by atoms with Gasteiger partial charge in [-0.15, -0.1) is 0 Å². The van der Waals surface area contributed by atoms with Gasteiger partial charge in [0.05, 0.1) is 5.69 Å². The van der Waals surface area contributed by atoms with E-state index in [-0.39, 0.29) is 5.91 Å². The monoisotopic (exact) mass is 288 g/mol. The second kappa shape index (κ2) is 5.83. The first-order valence-electron chi connectivity index (χ1n) is 6.25. The highest BCUT2D eigenvalue weighted by Crippen LogP contribution is 2.13. The number of carbonyl (C=O) groups is 1. The van der Waals surface area contributed by atoms with Gasteiger partial charge in [-0.25, -0.2) is 0 Å². The predicted molar refractivity (Wildman–Crippen MR) is 82.9 cm³/mol. The molecule has 104 valence electrons. The quantitative estimate of drug-likeness (QED) is 0.842. The normalized spacial score (nSPS) is 10.3. The van der Waals surface area contributed by atoms with Crippen molar-refractivity contribution in [3.05, 3.63) is 47.3 Å². The Balaban J connectivity index is 2.21. The molecule has 0 saturated heterocycles. The van der Waals surface area contributed by atoms with Crippen LogP contribution in [0.25, 0.3) is 0 Å². The van der Waals surface area contributed by atoms with Crippen molar-refractivity contribution in [2.24, 2.45) is 12.8 Å². The molecule has 0 unspecified atom stereocenters. The zero-order valence-corrected chi connectivity index (χ0v) is 12.2. The van der Waals surface area contributed by atoms with E-state index in [1.807, 2.05) is 6.92 Å². The van der Waals surface area contributed by atoms with Gasteiger partial charge in [0.1, 0.15) is 10.7 Å². The lowest BCUT2D eigenvalue weighted by atomic mass is 10.2. The number of benzene rings is 1. The molecular weight excluding hydrogens is 272 g/mol. The van der Waals surface area contributed by atoms with Crippen LogP contribution in [-0.2, 0) is 13.5 Å². The molecule has 6 heteroatoms. The van der Waals surface area contributed by atoms with Crippen LogP contribution in [0.4, 0.5) is 5.69 Å². The van der Waals surface area contributed by atoms with Gasteiger partial charge in [-0.3, -0.25) is 9.48 Å². The molecule has 0 bridgehead atoms. The molecule has 0 radical (unpaired) electrons. The third kappa shape index (κ3) is 3.03. The maximum atomic E-state index is 12.2. The number of aryl methyl sites for hydroxylation is 2. The number of anilines is 1. The van der Waals surface area contributed by atoms with Crippen LogP contribution in [0.5, 0.6) is 0 Å². The lowest BCUT2D eigenvalue weighted by Crippen LogP contribution is -2.16. The number of aromatic nitrogens is 2. The number of hydrogen-bond donors (Lipinski definition) is 2. The Kier molecular flexibility index (Phi) is 4.14. The van der Waals surface area contributed by atoms with Gasteiger partial charge in [-0.1, -0.05) is 31.3 Å². The third-order valence-corrected chi connectivity index (χ3v) is 3.17. The van der Waals surface area contributed by atoms with Gasteiger partial charge in [-0.05, 0) is 24.6 Å². The van der Waals surface area contributed by atoms with Gasteiger partial charge in [0.25, 0.3) is 5.91 Å². The van der Waals surface area contributed by atoms with Crippen LogP contribution in [0.1, 0.15) is 28.7 Å². The lowest BCUT2D eigenvalue weighted by molar-refractivity contribution is 0.101. The van der Waals surface area contributed by atoms with Gasteiger partial charge in [0, 0.05) is 18.3 Å². The summed E-state index contributed by atoms with van der Waals surface area (Å²) in [5.74, 6) is -0.209. The fourth-order valence-electron chi connectivity index (χ4n) is 1.86. The molecule has 0 aliphatic carbocycles. The number of thiocarbonyl (C=S) groups is 1. The first kappa shape index (κ1) is 14.2. The number of nitrogens with zero attached hydrogens (tertiary/aromatic N) is 2. The maximum absolute atomic E-state index is 12.2. The van der Waals surface area contributed by atoms with Crippen molar-refractivity contribution < 1.29 is 4.79 Å². The zero-order chi connectivity index (χ0) is 14.7. The van der Waals surface area contributed by atoms with Crippen LogP contribution in [-0.4, -0.2) is 20.7 Å². The van der Waals surface area contributed by atoms with Crippen molar-refractivity contribution >= 4 is 28.8 Å². The molecule has 1 heterocycles. The van der Waals surface area contributed by atoms with Gasteiger partial charge in [0.2, 0.25) is 0 Å². The van der Waals surface area contributed by atoms with E-state index >= 15 is 0 Å².